The molecule has 0 aromatic rings. The summed E-state index contributed by atoms with van der Waals surface area (Å²) in [5.41, 5.74) is 0. The largest absolute Gasteiger partial charge is 0.478 e. The number of rotatable bonds is 9. The fourth-order valence-electron chi connectivity index (χ4n) is 2.49. The summed E-state index contributed by atoms with van der Waals surface area (Å²) in [5, 5.41) is 8.62. The number of carboxylic acids is 1. The Balaban J connectivity index is 3.25. The molecule has 0 radical (unpaired) electrons. The molecule has 1 N–H and O–H groups in total. The minimum atomic E-state index is -1.53. The molecule has 1 rings (SSSR count). The van der Waals surface area contributed by atoms with Crippen LogP contribution in [0.15, 0.2) is 12.2 Å². The molecule has 11 heteroatoms. The number of ether oxygens (including phenoxy) is 5. The molecule has 0 aromatic heterocycles. The zero-order valence-corrected chi connectivity index (χ0v) is 17.2. The van der Waals surface area contributed by atoms with Gasteiger partial charge in [0.15, 0.2) is 12.2 Å². The molecule has 5 atom stereocenters. The van der Waals surface area contributed by atoms with Crippen molar-refractivity contribution in [2.24, 2.45) is 0 Å². The van der Waals surface area contributed by atoms with E-state index in [1.54, 1.807) is 13.8 Å². The molecule has 0 aromatic carbocycles. The lowest BCUT2D eigenvalue weighted by Crippen LogP contribution is -2.61. The minimum Gasteiger partial charge on any atom is -0.478 e. The number of carboxylic acid groups (broad SMARTS) is 1. The van der Waals surface area contributed by atoms with Crippen LogP contribution in [-0.4, -0.2) is 65.7 Å². The predicted octanol–water partition coefficient (Wildman–Crippen LogP) is 0.881. The second-order valence-electron chi connectivity index (χ2n) is 6.24. The van der Waals surface area contributed by atoms with E-state index in [9.17, 15) is 24.0 Å². The zero-order valence-electron chi connectivity index (χ0n) is 17.2. The van der Waals surface area contributed by atoms with Gasteiger partial charge in [0.1, 0.15) is 0 Å². The van der Waals surface area contributed by atoms with Gasteiger partial charge >= 0.3 is 29.8 Å². The molecule has 1 saturated heterocycles. The van der Waals surface area contributed by atoms with Gasteiger partial charge in [0, 0.05) is 31.4 Å². The number of hydrogen-bond donors (Lipinski definition) is 1. The molecule has 1 aliphatic rings. The predicted molar refractivity (Wildman–Crippen MR) is 97.7 cm³/mol. The smallest absolute Gasteiger partial charge is 0.333 e. The summed E-state index contributed by atoms with van der Waals surface area (Å²) in [5.74, 6) is -4.44. The second kappa shape index (κ2) is 11.9. The Morgan fingerprint density at radius 3 is 1.70 bits per heavy atom. The van der Waals surface area contributed by atoms with Crippen LogP contribution in [0.3, 0.4) is 0 Å². The van der Waals surface area contributed by atoms with Crippen LogP contribution in [0.4, 0.5) is 0 Å². The van der Waals surface area contributed by atoms with Crippen LogP contribution in [0.25, 0.3) is 0 Å². The first kappa shape index (κ1) is 25.1. The van der Waals surface area contributed by atoms with Gasteiger partial charge in [-0.2, -0.15) is 0 Å². The maximum Gasteiger partial charge on any atom is 0.333 e. The molecule has 30 heavy (non-hydrogen) atoms. The van der Waals surface area contributed by atoms with E-state index in [0.717, 1.165) is 0 Å². The van der Waals surface area contributed by atoms with E-state index in [2.05, 4.69) is 0 Å². The van der Waals surface area contributed by atoms with Gasteiger partial charge in [-0.15, -0.1) is 0 Å². The van der Waals surface area contributed by atoms with E-state index in [-0.39, 0.29) is 19.3 Å². The first-order chi connectivity index (χ1) is 14.1. The second-order valence-corrected chi connectivity index (χ2v) is 6.24. The summed E-state index contributed by atoms with van der Waals surface area (Å²) in [6, 6.07) is 0. The minimum absolute atomic E-state index is 0.0135. The molecule has 0 unspecified atom stereocenters. The third kappa shape index (κ3) is 7.47. The van der Waals surface area contributed by atoms with E-state index >= 15 is 0 Å². The summed E-state index contributed by atoms with van der Waals surface area (Å²) < 4.78 is 26.6. The van der Waals surface area contributed by atoms with Crippen LogP contribution in [-0.2, 0) is 47.7 Å². The molecule has 0 amide bonds. The molecule has 0 spiro atoms. The molecular weight excluding hydrogens is 404 g/mol. The number of hydrogen-bond acceptors (Lipinski definition) is 10. The molecule has 168 valence electrons. The van der Waals surface area contributed by atoms with E-state index in [4.69, 9.17) is 28.8 Å². The van der Waals surface area contributed by atoms with Crippen molar-refractivity contribution < 1.29 is 52.8 Å². The Bertz CT molecular complexity index is 684. The highest BCUT2D eigenvalue weighted by Gasteiger charge is 2.52. The molecule has 0 saturated carbocycles. The summed E-state index contributed by atoms with van der Waals surface area (Å²) in [4.78, 5) is 58.3. The number of carbonyl (C=O) groups excluding carboxylic acids is 4. The van der Waals surface area contributed by atoms with E-state index in [1.807, 2.05) is 0 Å². The van der Waals surface area contributed by atoms with Gasteiger partial charge in [0.25, 0.3) is 0 Å². The maximum absolute atomic E-state index is 12.0. The third-order valence-corrected chi connectivity index (χ3v) is 3.99. The van der Waals surface area contributed by atoms with E-state index in [1.165, 1.54) is 13.8 Å². The first-order valence-electron chi connectivity index (χ1n) is 9.48. The molecule has 0 aliphatic carbocycles. The van der Waals surface area contributed by atoms with Gasteiger partial charge in [0.05, 0.1) is 6.10 Å². The monoisotopic (exact) mass is 430 g/mol. The van der Waals surface area contributed by atoms with Crippen LogP contribution in [0.2, 0.25) is 0 Å². The van der Waals surface area contributed by atoms with Gasteiger partial charge in [-0.05, 0) is 6.92 Å². The molecule has 1 heterocycles. The fourth-order valence-corrected chi connectivity index (χ4v) is 2.49. The van der Waals surface area contributed by atoms with Crippen LogP contribution in [0.1, 0.15) is 47.0 Å². The highest BCUT2D eigenvalue weighted by molar-refractivity contribution is 5.90. The Kier molecular flexibility index (Phi) is 9.96. The molecule has 0 bridgehead atoms. The Morgan fingerprint density at radius 1 is 0.767 bits per heavy atom. The number of aliphatic carboxylic acids is 1. The summed E-state index contributed by atoms with van der Waals surface area (Å²) in [6.07, 6.45) is -5.15. The Hall–Kier alpha value is -2.95. The van der Waals surface area contributed by atoms with Gasteiger partial charge in [0.2, 0.25) is 12.4 Å². The van der Waals surface area contributed by atoms with Crippen LogP contribution in [0.5, 0.6) is 0 Å². The highest BCUT2D eigenvalue weighted by Crippen LogP contribution is 2.30. The number of carbonyl (C=O) groups is 5. The van der Waals surface area contributed by atoms with Crippen molar-refractivity contribution in [3.05, 3.63) is 12.2 Å². The Morgan fingerprint density at radius 2 is 1.23 bits per heavy atom. The maximum atomic E-state index is 12.0. The zero-order chi connectivity index (χ0) is 22.8. The van der Waals surface area contributed by atoms with Crippen molar-refractivity contribution in [2.45, 2.75) is 77.7 Å². The molecular formula is C19H26O11. The van der Waals surface area contributed by atoms with Gasteiger partial charge in [-0.25, -0.2) is 9.59 Å². The fraction of sp³-hybridized carbons (Fsp3) is 0.632. The van der Waals surface area contributed by atoms with Crippen molar-refractivity contribution in [1.29, 1.82) is 0 Å². The summed E-state index contributed by atoms with van der Waals surface area (Å²) >= 11 is 0. The lowest BCUT2D eigenvalue weighted by Gasteiger charge is -2.43. The molecule has 11 nitrogen and oxygen atoms in total. The summed E-state index contributed by atoms with van der Waals surface area (Å²) in [6.45, 7) is 6.12. The average Bonchev–Trinajstić information content (AvgIpc) is 2.70. The van der Waals surface area contributed by atoms with Gasteiger partial charge in [-0.1, -0.05) is 20.8 Å². The molecule has 1 aliphatic heterocycles. The topological polar surface area (TPSA) is 152 Å². The van der Waals surface area contributed by atoms with Gasteiger partial charge < -0.3 is 28.8 Å². The normalized spacial score (nSPS) is 25.9. The summed E-state index contributed by atoms with van der Waals surface area (Å²) in [7, 11) is 0. The van der Waals surface area contributed by atoms with Crippen molar-refractivity contribution in [2.75, 3.05) is 0 Å². The number of esters is 4. The van der Waals surface area contributed by atoms with Crippen LogP contribution >= 0.6 is 0 Å². The highest BCUT2D eigenvalue weighted by atomic mass is 16.7. The quantitative estimate of drug-likeness (QED) is 0.315. The third-order valence-electron chi connectivity index (χ3n) is 3.99. The van der Waals surface area contributed by atoms with Crippen molar-refractivity contribution in [1.82, 2.24) is 0 Å². The van der Waals surface area contributed by atoms with Crippen molar-refractivity contribution in [3.63, 3.8) is 0 Å². The average molecular weight is 430 g/mol. The Labute approximate surface area is 173 Å². The van der Waals surface area contributed by atoms with E-state index in [0.29, 0.717) is 12.2 Å². The van der Waals surface area contributed by atoms with Crippen LogP contribution < -0.4 is 0 Å². The van der Waals surface area contributed by atoms with E-state index < -0.39 is 60.6 Å². The van der Waals surface area contributed by atoms with Crippen molar-refractivity contribution >= 4 is 29.8 Å². The first-order valence-corrected chi connectivity index (χ1v) is 9.48. The molecule has 1 fully saturated rings. The lowest BCUT2D eigenvalue weighted by atomic mass is 9.98. The standard InChI is InChI=1S/C19H26O11/c1-5-12(22)27-16-10(4)26-19(30-15(25)9-8-11(20)21)18(29-14(24)7-3)17(16)28-13(23)6-2/h8-10,16-19H,5-7H2,1-4H3,(H,20,21)/b9-8+/t10-,16+,17+,18-,19-/m0/s1. The van der Waals surface area contributed by atoms with Crippen molar-refractivity contribution in [3.8, 4) is 0 Å². The van der Waals surface area contributed by atoms with Gasteiger partial charge in [-0.3, -0.25) is 14.4 Å². The van der Waals surface area contributed by atoms with Crippen LogP contribution in [0, 0.1) is 0 Å². The lowest BCUT2D eigenvalue weighted by molar-refractivity contribution is -0.292. The SMILES string of the molecule is CCC(=O)O[C@H]1[C@H](OC(=O)CC)[C@H](OC(=O)/C=C/C(=O)O)O[C@@H](C)[C@H]1OC(=O)CC.